The van der Waals surface area contributed by atoms with Gasteiger partial charge in [-0.05, 0) is 37.1 Å². The van der Waals surface area contributed by atoms with Crippen LogP contribution in [0.15, 0.2) is 12.3 Å². The largest absolute Gasteiger partial charge is 0.252 e. The van der Waals surface area contributed by atoms with Gasteiger partial charge in [0.2, 0.25) is 5.28 Å². The van der Waals surface area contributed by atoms with Crippen LogP contribution in [0.4, 0.5) is 0 Å². The Morgan fingerprint density at radius 3 is 2.64 bits per heavy atom. The molecule has 3 nitrogen and oxygen atoms in total. The Morgan fingerprint density at radius 2 is 1.93 bits per heavy atom. The van der Waals surface area contributed by atoms with Crippen LogP contribution in [0.5, 0.6) is 0 Å². The first kappa shape index (κ1) is 11.1. The average molecular weight is 230 g/mol. The second-order valence-corrected chi connectivity index (χ2v) is 3.30. The fourth-order valence-corrected chi connectivity index (χ4v) is 1.45. The molecule has 74 valence electrons. The highest BCUT2D eigenvalue weighted by atomic mass is 35.5. The molecule has 0 aliphatic rings. The summed E-state index contributed by atoms with van der Waals surface area (Å²) in [6.45, 7) is 3.84. The number of hydrogen-bond acceptors (Lipinski definition) is 3. The maximum Gasteiger partial charge on any atom is 0.223 e. The minimum Gasteiger partial charge on any atom is -0.252 e. The summed E-state index contributed by atoms with van der Waals surface area (Å²) >= 11 is 5.73. The van der Waals surface area contributed by atoms with E-state index in [-0.39, 0.29) is 17.7 Å². The van der Waals surface area contributed by atoms with Crippen molar-refractivity contribution in [3.63, 3.8) is 0 Å². The van der Waals surface area contributed by atoms with Crippen LogP contribution in [0.25, 0.3) is 11.0 Å². The molecule has 5 heteroatoms. The molecule has 0 amide bonds. The highest BCUT2D eigenvalue weighted by molar-refractivity contribution is 6.28. The number of aryl methyl sites for hydroxylation is 2. The molecule has 0 aliphatic heterocycles. The third-order valence-corrected chi connectivity index (χ3v) is 1.99. The van der Waals surface area contributed by atoms with E-state index in [1.165, 1.54) is 0 Å². The van der Waals surface area contributed by atoms with Gasteiger partial charge in [-0.1, -0.05) is 0 Å². The smallest absolute Gasteiger partial charge is 0.223 e. The molecule has 2 heterocycles. The fraction of sp³-hybridized carbons (Fsp3) is 0.222. The molecule has 2 rings (SSSR count). The first-order valence-corrected chi connectivity index (χ1v) is 4.31. The van der Waals surface area contributed by atoms with E-state index in [1.54, 1.807) is 6.20 Å². The monoisotopic (exact) mass is 229 g/mol. The molecule has 0 aromatic carbocycles. The van der Waals surface area contributed by atoms with Crippen molar-refractivity contribution in [1.29, 1.82) is 0 Å². The van der Waals surface area contributed by atoms with Crippen molar-refractivity contribution in [3.8, 4) is 0 Å². The van der Waals surface area contributed by atoms with Gasteiger partial charge in [-0.15, -0.1) is 12.4 Å². The summed E-state index contributed by atoms with van der Waals surface area (Å²) in [5.74, 6) is 0. The number of nitrogens with zero attached hydrogens (tertiary/aromatic N) is 3. The van der Waals surface area contributed by atoms with Crippen LogP contribution in [-0.2, 0) is 0 Å². The Labute approximate surface area is 93.0 Å². The fourth-order valence-electron chi connectivity index (χ4n) is 1.23. The molecule has 0 fully saturated rings. The Balaban J connectivity index is 0.000000980. The van der Waals surface area contributed by atoms with Gasteiger partial charge in [-0.25, -0.2) is 9.97 Å². The van der Waals surface area contributed by atoms with Gasteiger partial charge in [0.15, 0.2) is 0 Å². The summed E-state index contributed by atoms with van der Waals surface area (Å²) in [6.07, 6.45) is 1.80. The number of fused-ring (bicyclic) bond motifs is 1. The first-order chi connectivity index (χ1) is 6.16. The Bertz CT molecular complexity index is 466. The first-order valence-electron chi connectivity index (χ1n) is 3.93. The second-order valence-electron chi connectivity index (χ2n) is 2.96. The van der Waals surface area contributed by atoms with Crippen LogP contribution in [0.3, 0.4) is 0 Å². The molecule has 2 aromatic rings. The molecular formula is C9H9Cl2N3. The average Bonchev–Trinajstić information content (AvgIpc) is 2.02. The molecule has 14 heavy (non-hydrogen) atoms. The molecule has 2 aromatic heterocycles. The maximum absolute atomic E-state index is 5.73. The normalized spacial score (nSPS) is 9.93. The minimum atomic E-state index is 0. The zero-order valence-corrected chi connectivity index (χ0v) is 9.35. The van der Waals surface area contributed by atoms with Gasteiger partial charge in [0.1, 0.15) is 5.52 Å². The van der Waals surface area contributed by atoms with Crippen molar-refractivity contribution in [3.05, 3.63) is 28.8 Å². The van der Waals surface area contributed by atoms with Crippen LogP contribution >= 0.6 is 24.0 Å². The molecule has 0 unspecified atom stereocenters. The van der Waals surface area contributed by atoms with Crippen molar-refractivity contribution >= 4 is 35.0 Å². The summed E-state index contributed by atoms with van der Waals surface area (Å²) in [6, 6.07) is 1.95. The highest BCUT2D eigenvalue weighted by Gasteiger charge is 2.03. The lowest BCUT2D eigenvalue weighted by Gasteiger charge is -2.00. The molecule has 0 saturated heterocycles. The van der Waals surface area contributed by atoms with E-state index in [0.717, 1.165) is 22.3 Å². The molecule has 0 atom stereocenters. The van der Waals surface area contributed by atoms with Gasteiger partial charge in [0, 0.05) is 6.20 Å². The number of pyridine rings is 1. The van der Waals surface area contributed by atoms with Gasteiger partial charge in [-0.2, -0.15) is 0 Å². The van der Waals surface area contributed by atoms with Gasteiger partial charge >= 0.3 is 0 Å². The zero-order chi connectivity index (χ0) is 9.42. The number of halogens is 2. The van der Waals surface area contributed by atoms with E-state index in [0.29, 0.717) is 0 Å². The van der Waals surface area contributed by atoms with Crippen molar-refractivity contribution in [2.75, 3.05) is 0 Å². The van der Waals surface area contributed by atoms with E-state index >= 15 is 0 Å². The number of aromatic nitrogens is 3. The predicted molar refractivity (Wildman–Crippen MR) is 59.1 cm³/mol. The van der Waals surface area contributed by atoms with Crippen LogP contribution in [0.1, 0.15) is 11.3 Å². The maximum atomic E-state index is 5.73. The third kappa shape index (κ3) is 1.94. The van der Waals surface area contributed by atoms with Crippen molar-refractivity contribution in [2.24, 2.45) is 0 Å². The van der Waals surface area contributed by atoms with Crippen LogP contribution < -0.4 is 0 Å². The summed E-state index contributed by atoms with van der Waals surface area (Å²) in [7, 11) is 0. The Kier molecular flexibility index (Phi) is 3.24. The van der Waals surface area contributed by atoms with Crippen molar-refractivity contribution < 1.29 is 0 Å². The number of hydrogen-bond donors (Lipinski definition) is 0. The molecular weight excluding hydrogens is 221 g/mol. The van der Waals surface area contributed by atoms with Crippen molar-refractivity contribution in [2.45, 2.75) is 13.8 Å². The van der Waals surface area contributed by atoms with Gasteiger partial charge in [-0.3, -0.25) is 4.98 Å². The highest BCUT2D eigenvalue weighted by Crippen LogP contribution is 2.15. The van der Waals surface area contributed by atoms with E-state index in [2.05, 4.69) is 15.0 Å². The lowest BCUT2D eigenvalue weighted by Crippen LogP contribution is -1.92. The van der Waals surface area contributed by atoms with Gasteiger partial charge < -0.3 is 0 Å². The van der Waals surface area contributed by atoms with Gasteiger partial charge in [0.25, 0.3) is 0 Å². The lowest BCUT2D eigenvalue weighted by atomic mass is 10.2. The van der Waals surface area contributed by atoms with Gasteiger partial charge in [0.05, 0.1) is 11.2 Å². The lowest BCUT2D eigenvalue weighted by molar-refractivity contribution is 1.12. The summed E-state index contributed by atoms with van der Waals surface area (Å²) in [4.78, 5) is 12.4. The van der Waals surface area contributed by atoms with Crippen LogP contribution in [0, 0.1) is 13.8 Å². The third-order valence-electron chi connectivity index (χ3n) is 1.82. The molecule has 0 bridgehead atoms. The van der Waals surface area contributed by atoms with Crippen LogP contribution in [-0.4, -0.2) is 15.0 Å². The summed E-state index contributed by atoms with van der Waals surface area (Å²) in [5.41, 5.74) is 3.50. The number of rotatable bonds is 0. The van der Waals surface area contributed by atoms with E-state index in [1.807, 2.05) is 19.9 Å². The minimum absolute atomic E-state index is 0. The Hall–Kier alpha value is -0.930. The topological polar surface area (TPSA) is 38.7 Å². The van der Waals surface area contributed by atoms with E-state index in [4.69, 9.17) is 11.6 Å². The molecule has 0 radical (unpaired) electrons. The standard InChI is InChI=1S/C9H8ClN3.ClH/c1-5-3-7-8(11-4-5)6(2)12-9(10)13-7;/h3-4H,1-2H3;1H. The van der Waals surface area contributed by atoms with E-state index in [9.17, 15) is 0 Å². The van der Waals surface area contributed by atoms with Crippen molar-refractivity contribution in [1.82, 2.24) is 15.0 Å². The predicted octanol–water partition coefficient (Wildman–Crippen LogP) is 2.72. The molecule has 0 spiro atoms. The van der Waals surface area contributed by atoms with Crippen LogP contribution in [0.2, 0.25) is 5.28 Å². The summed E-state index contributed by atoms with van der Waals surface area (Å²) in [5, 5.41) is 0.275. The SMILES string of the molecule is Cc1cnc2c(C)nc(Cl)nc2c1.Cl. The van der Waals surface area contributed by atoms with E-state index < -0.39 is 0 Å². The Morgan fingerprint density at radius 1 is 1.21 bits per heavy atom. The molecule has 0 saturated carbocycles. The molecule has 0 N–H and O–H groups in total. The molecule has 0 aliphatic carbocycles. The second kappa shape index (κ2) is 4.07. The summed E-state index contributed by atoms with van der Waals surface area (Å²) < 4.78 is 0. The quantitative estimate of drug-likeness (QED) is 0.653. The zero-order valence-electron chi connectivity index (χ0n) is 7.78.